The number of hydrogen-bond acceptors (Lipinski definition) is 3. The first-order valence-electron chi connectivity index (χ1n) is 5.46. The minimum absolute atomic E-state index is 0.276. The van der Waals surface area contributed by atoms with Crippen LogP contribution in [0.2, 0.25) is 0 Å². The van der Waals surface area contributed by atoms with Crippen molar-refractivity contribution in [3.05, 3.63) is 39.5 Å². The molecule has 0 aliphatic rings. The van der Waals surface area contributed by atoms with Gasteiger partial charge in [0.25, 0.3) is 0 Å². The third-order valence-electron chi connectivity index (χ3n) is 2.52. The molecule has 1 nitrogen and oxygen atoms in total. The average Bonchev–Trinajstić information content (AvgIpc) is 2.81. The van der Waals surface area contributed by atoms with Crippen molar-refractivity contribution in [1.82, 2.24) is 5.32 Å². The predicted molar refractivity (Wildman–Crippen MR) is 92.0 cm³/mol. The van der Waals surface area contributed by atoms with Crippen LogP contribution in [0, 0.1) is 6.92 Å². The predicted octanol–water partition coefficient (Wildman–Crippen LogP) is 6.10. The van der Waals surface area contributed by atoms with Crippen molar-refractivity contribution in [3.63, 3.8) is 0 Å². The highest BCUT2D eigenvalue weighted by Crippen LogP contribution is 2.40. The summed E-state index contributed by atoms with van der Waals surface area (Å²) in [5.41, 5.74) is 1.30. The van der Waals surface area contributed by atoms with Crippen LogP contribution in [-0.4, -0.2) is 6.54 Å². The third kappa shape index (κ3) is 3.27. The number of thiophene rings is 2. The van der Waals surface area contributed by atoms with Gasteiger partial charge in [-0.05, 0) is 79.0 Å². The molecule has 1 unspecified atom stereocenters. The average molecular weight is 474 g/mol. The van der Waals surface area contributed by atoms with Crippen molar-refractivity contribution in [2.45, 2.75) is 19.9 Å². The van der Waals surface area contributed by atoms with Crippen LogP contribution < -0.4 is 5.32 Å². The molecule has 2 heterocycles. The largest absolute Gasteiger partial charge is 0.305 e. The lowest BCUT2D eigenvalue weighted by molar-refractivity contribution is 0.648. The van der Waals surface area contributed by atoms with E-state index >= 15 is 0 Å². The molecule has 0 spiro atoms. The lowest BCUT2D eigenvalue weighted by Gasteiger charge is -2.14. The first-order chi connectivity index (χ1) is 8.52. The molecular weight excluding hydrogens is 462 g/mol. The van der Waals surface area contributed by atoms with Gasteiger partial charge in [-0.15, -0.1) is 22.7 Å². The standard InChI is InChI=1S/C12H12Br3NS2/c1-3-16-10(8-4-6(2)11(14)17-8)9-5-7(13)12(15)18-9/h4-5,10,16H,3H2,1-2H3. The molecule has 98 valence electrons. The maximum absolute atomic E-state index is 3.60. The lowest BCUT2D eigenvalue weighted by Crippen LogP contribution is -2.20. The van der Waals surface area contributed by atoms with Crippen LogP contribution in [0.4, 0.5) is 0 Å². The second kappa shape index (κ2) is 6.50. The summed E-state index contributed by atoms with van der Waals surface area (Å²) in [5.74, 6) is 0. The lowest BCUT2D eigenvalue weighted by atomic mass is 10.2. The van der Waals surface area contributed by atoms with Crippen LogP contribution in [0.3, 0.4) is 0 Å². The van der Waals surface area contributed by atoms with Gasteiger partial charge in [0.1, 0.15) is 0 Å². The molecule has 0 fully saturated rings. The van der Waals surface area contributed by atoms with E-state index in [1.54, 1.807) is 22.7 Å². The van der Waals surface area contributed by atoms with Gasteiger partial charge in [-0.3, -0.25) is 0 Å². The Morgan fingerprint density at radius 2 is 1.72 bits per heavy atom. The molecule has 2 aromatic rings. The minimum Gasteiger partial charge on any atom is -0.305 e. The summed E-state index contributed by atoms with van der Waals surface area (Å²) in [6.07, 6.45) is 0. The van der Waals surface area contributed by atoms with Crippen molar-refractivity contribution in [1.29, 1.82) is 0 Å². The number of aryl methyl sites for hydroxylation is 1. The molecule has 18 heavy (non-hydrogen) atoms. The molecule has 0 aliphatic heterocycles. The van der Waals surface area contributed by atoms with Crippen LogP contribution >= 0.6 is 70.5 Å². The minimum atomic E-state index is 0.276. The van der Waals surface area contributed by atoms with Crippen LogP contribution in [0.1, 0.15) is 28.3 Å². The van der Waals surface area contributed by atoms with E-state index in [1.807, 2.05) is 0 Å². The Kier molecular flexibility index (Phi) is 5.49. The van der Waals surface area contributed by atoms with Gasteiger partial charge in [0.15, 0.2) is 0 Å². The van der Waals surface area contributed by atoms with E-state index in [-0.39, 0.29) is 6.04 Å². The Morgan fingerprint density at radius 1 is 1.11 bits per heavy atom. The Balaban J connectivity index is 2.39. The molecule has 0 bridgehead atoms. The molecule has 0 radical (unpaired) electrons. The number of hydrogen-bond donors (Lipinski definition) is 1. The fourth-order valence-electron chi connectivity index (χ4n) is 1.68. The summed E-state index contributed by atoms with van der Waals surface area (Å²) >= 11 is 14.3. The molecule has 2 rings (SSSR count). The van der Waals surface area contributed by atoms with Crippen molar-refractivity contribution >= 4 is 70.5 Å². The van der Waals surface area contributed by atoms with E-state index in [0.717, 1.165) is 14.8 Å². The molecule has 0 amide bonds. The first kappa shape index (κ1) is 15.2. The number of halogens is 3. The summed E-state index contributed by atoms with van der Waals surface area (Å²) in [7, 11) is 0. The first-order valence-corrected chi connectivity index (χ1v) is 9.48. The van der Waals surface area contributed by atoms with Crippen LogP contribution in [0.5, 0.6) is 0 Å². The van der Waals surface area contributed by atoms with Gasteiger partial charge >= 0.3 is 0 Å². The highest BCUT2D eigenvalue weighted by atomic mass is 79.9. The smallest absolute Gasteiger partial charge is 0.0843 e. The Hall–Kier alpha value is 0.800. The van der Waals surface area contributed by atoms with Gasteiger partial charge in [-0.2, -0.15) is 0 Å². The van der Waals surface area contributed by atoms with Crippen molar-refractivity contribution in [2.75, 3.05) is 6.54 Å². The van der Waals surface area contributed by atoms with Crippen molar-refractivity contribution in [3.8, 4) is 0 Å². The van der Waals surface area contributed by atoms with Gasteiger partial charge in [-0.25, -0.2) is 0 Å². The topological polar surface area (TPSA) is 12.0 Å². The summed E-state index contributed by atoms with van der Waals surface area (Å²) < 4.78 is 3.49. The highest BCUT2D eigenvalue weighted by molar-refractivity contribution is 9.13. The Morgan fingerprint density at radius 3 is 2.17 bits per heavy atom. The summed E-state index contributed by atoms with van der Waals surface area (Å²) in [5, 5.41) is 3.55. The molecule has 1 N–H and O–H groups in total. The Labute approximate surface area is 140 Å². The zero-order valence-corrected chi connectivity index (χ0v) is 16.3. The third-order valence-corrected chi connectivity index (χ3v) is 8.04. The van der Waals surface area contributed by atoms with E-state index in [2.05, 4.69) is 79.1 Å². The zero-order chi connectivity index (χ0) is 13.3. The maximum atomic E-state index is 3.60. The van der Waals surface area contributed by atoms with Crippen LogP contribution in [0.25, 0.3) is 0 Å². The molecular formula is C12H12Br3NS2. The maximum Gasteiger partial charge on any atom is 0.0843 e. The van der Waals surface area contributed by atoms with Gasteiger partial charge in [-0.1, -0.05) is 6.92 Å². The molecule has 0 saturated carbocycles. The van der Waals surface area contributed by atoms with E-state index in [4.69, 9.17) is 0 Å². The van der Waals surface area contributed by atoms with Gasteiger partial charge in [0.2, 0.25) is 0 Å². The SMILES string of the molecule is CCNC(c1cc(C)c(Br)s1)c1cc(Br)c(Br)s1. The second-order valence-electron chi connectivity index (χ2n) is 3.87. The normalized spacial score (nSPS) is 12.9. The molecule has 6 heteroatoms. The second-order valence-corrected chi connectivity index (χ2v) is 9.52. The van der Waals surface area contributed by atoms with E-state index < -0.39 is 0 Å². The van der Waals surface area contributed by atoms with E-state index in [0.29, 0.717) is 0 Å². The fraction of sp³-hybridized carbons (Fsp3) is 0.333. The summed E-state index contributed by atoms with van der Waals surface area (Å²) in [4.78, 5) is 2.67. The van der Waals surface area contributed by atoms with Gasteiger partial charge in [0.05, 0.1) is 13.6 Å². The number of nitrogens with one attached hydrogen (secondary N) is 1. The molecule has 0 aromatic carbocycles. The van der Waals surface area contributed by atoms with Crippen molar-refractivity contribution in [2.24, 2.45) is 0 Å². The molecule has 0 aliphatic carbocycles. The molecule has 1 atom stereocenters. The quantitative estimate of drug-likeness (QED) is 0.565. The van der Waals surface area contributed by atoms with Crippen LogP contribution in [0.15, 0.2) is 24.2 Å². The summed E-state index contributed by atoms with van der Waals surface area (Å²) in [6, 6.07) is 4.71. The van der Waals surface area contributed by atoms with Gasteiger partial charge < -0.3 is 5.32 Å². The molecule has 2 aromatic heterocycles. The van der Waals surface area contributed by atoms with Crippen molar-refractivity contribution < 1.29 is 0 Å². The van der Waals surface area contributed by atoms with Crippen LogP contribution in [-0.2, 0) is 0 Å². The monoisotopic (exact) mass is 471 g/mol. The Bertz CT molecular complexity index is 462. The van der Waals surface area contributed by atoms with E-state index in [1.165, 1.54) is 19.1 Å². The highest BCUT2D eigenvalue weighted by Gasteiger charge is 2.19. The van der Waals surface area contributed by atoms with Gasteiger partial charge in [0, 0.05) is 14.2 Å². The summed E-state index contributed by atoms with van der Waals surface area (Å²) in [6.45, 7) is 5.22. The molecule has 0 saturated heterocycles. The zero-order valence-electron chi connectivity index (χ0n) is 9.89. The number of rotatable bonds is 4. The van der Waals surface area contributed by atoms with E-state index in [9.17, 15) is 0 Å². The fourth-order valence-corrected chi connectivity index (χ4v) is 5.60.